The van der Waals surface area contributed by atoms with Crippen LogP contribution in [0.3, 0.4) is 0 Å². The Labute approximate surface area is 137 Å². The van der Waals surface area contributed by atoms with E-state index in [4.69, 9.17) is 10.5 Å². The van der Waals surface area contributed by atoms with Gasteiger partial charge in [-0.15, -0.1) is 0 Å². The van der Waals surface area contributed by atoms with Gasteiger partial charge in [0.25, 0.3) is 0 Å². The van der Waals surface area contributed by atoms with Crippen LogP contribution in [0, 0.1) is 5.92 Å². The first kappa shape index (κ1) is 17.3. The van der Waals surface area contributed by atoms with Crippen LogP contribution in [-0.4, -0.2) is 35.9 Å². The van der Waals surface area contributed by atoms with E-state index in [-0.39, 0.29) is 23.8 Å². The highest BCUT2D eigenvalue weighted by Gasteiger charge is 2.31. The highest BCUT2D eigenvalue weighted by atomic mass is 16.5. The fourth-order valence-electron chi connectivity index (χ4n) is 3.08. The summed E-state index contributed by atoms with van der Waals surface area (Å²) in [4.78, 5) is 25.8. The summed E-state index contributed by atoms with van der Waals surface area (Å²) in [7, 11) is 0. The van der Waals surface area contributed by atoms with Crippen molar-refractivity contribution < 1.29 is 14.3 Å². The quantitative estimate of drug-likeness (QED) is 0.873. The van der Waals surface area contributed by atoms with Crippen LogP contribution in [0.1, 0.15) is 38.7 Å². The number of ether oxygens (including phenoxy) is 1. The zero-order valence-corrected chi connectivity index (χ0v) is 14.0. The minimum atomic E-state index is -0.309. The molecule has 5 nitrogen and oxygen atoms in total. The van der Waals surface area contributed by atoms with Gasteiger partial charge >= 0.3 is 0 Å². The van der Waals surface area contributed by atoms with Gasteiger partial charge in [-0.25, -0.2) is 0 Å². The average molecular weight is 318 g/mol. The molecule has 0 unspecified atom stereocenters. The standard InChI is InChI=1S/C18H26N2O3/c1-3-23-16-7-5-4-6-14(16)10-11-17(21)20-12-15(18(19)22)9-8-13(20)2/h4-7,13,15H,3,8-12H2,1-2H3,(H2,19,22)/t13-,15+/m0/s1. The molecular weight excluding hydrogens is 292 g/mol. The lowest BCUT2D eigenvalue weighted by Gasteiger charge is -2.37. The first-order chi connectivity index (χ1) is 11.0. The smallest absolute Gasteiger partial charge is 0.223 e. The van der Waals surface area contributed by atoms with Gasteiger partial charge in [-0.1, -0.05) is 18.2 Å². The third kappa shape index (κ3) is 4.47. The lowest BCUT2D eigenvalue weighted by molar-refractivity contribution is -0.137. The van der Waals surface area contributed by atoms with Crippen molar-refractivity contribution in [3.05, 3.63) is 29.8 Å². The fourth-order valence-corrected chi connectivity index (χ4v) is 3.08. The molecule has 1 aromatic carbocycles. The third-order valence-electron chi connectivity index (χ3n) is 4.49. The molecule has 2 rings (SSSR count). The number of hydrogen-bond donors (Lipinski definition) is 1. The van der Waals surface area contributed by atoms with Crippen molar-refractivity contribution in [1.82, 2.24) is 4.90 Å². The van der Waals surface area contributed by atoms with Crippen LogP contribution >= 0.6 is 0 Å². The Morgan fingerprint density at radius 3 is 2.74 bits per heavy atom. The number of carbonyl (C=O) groups excluding carboxylic acids is 2. The number of primary amides is 1. The molecule has 1 heterocycles. The molecule has 1 saturated heterocycles. The summed E-state index contributed by atoms with van der Waals surface area (Å²) in [6.45, 7) is 5.03. The number of likely N-dealkylation sites (tertiary alicyclic amines) is 1. The normalized spacial score (nSPS) is 21.0. The highest BCUT2D eigenvalue weighted by molar-refractivity contribution is 5.80. The number of para-hydroxylation sites is 1. The third-order valence-corrected chi connectivity index (χ3v) is 4.49. The number of nitrogens with two attached hydrogens (primary N) is 1. The number of piperidine rings is 1. The Bertz CT molecular complexity index is 559. The molecular formula is C18H26N2O3. The predicted molar refractivity (Wildman–Crippen MR) is 89.0 cm³/mol. The van der Waals surface area contributed by atoms with E-state index in [9.17, 15) is 9.59 Å². The van der Waals surface area contributed by atoms with Gasteiger partial charge in [0, 0.05) is 19.0 Å². The Balaban J connectivity index is 1.97. The number of nitrogens with zero attached hydrogens (tertiary/aromatic N) is 1. The number of amides is 2. The van der Waals surface area contributed by atoms with Crippen LogP contribution in [-0.2, 0) is 16.0 Å². The molecule has 0 bridgehead atoms. The summed E-state index contributed by atoms with van der Waals surface area (Å²) in [5.74, 6) is 0.390. The highest BCUT2D eigenvalue weighted by Crippen LogP contribution is 2.24. The Morgan fingerprint density at radius 2 is 2.04 bits per heavy atom. The van der Waals surface area contributed by atoms with Gasteiger partial charge in [0.2, 0.25) is 11.8 Å². The van der Waals surface area contributed by atoms with Gasteiger partial charge in [0.05, 0.1) is 12.5 Å². The van der Waals surface area contributed by atoms with Gasteiger partial charge in [0.15, 0.2) is 0 Å². The Hall–Kier alpha value is -2.04. The van der Waals surface area contributed by atoms with E-state index >= 15 is 0 Å². The van der Waals surface area contributed by atoms with Crippen molar-refractivity contribution in [3.8, 4) is 5.75 Å². The summed E-state index contributed by atoms with van der Waals surface area (Å²) in [5, 5.41) is 0. The van der Waals surface area contributed by atoms with E-state index in [0.29, 0.717) is 26.0 Å². The van der Waals surface area contributed by atoms with Crippen LogP contribution in [0.15, 0.2) is 24.3 Å². The van der Waals surface area contributed by atoms with Crippen LogP contribution in [0.4, 0.5) is 0 Å². The Kier molecular flexibility index (Phi) is 6.02. The van der Waals surface area contributed by atoms with E-state index in [1.165, 1.54) is 0 Å². The molecule has 5 heteroatoms. The number of benzene rings is 1. The van der Waals surface area contributed by atoms with E-state index < -0.39 is 0 Å². The molecule has 0 saturated carbocycles. The number of rotatable bonds is 6. The van der Waals surface area contributed by atoms with E-state index in [0.717, 1.165) is 24.2 Å². The molecule has 126 valence electrons. The Morgan fingerprint density at radius 1 is 1.30 bits per heavy atom. The molecule has 0 radical (unpaired) electrons. The minimum Gasteiger partial charge on any atom is -0.494 e. The molecule has 2 atom stereocenters. The van der Waals surface area contributed by atoms with Crippen molar-refractivity contribution in [2.24, 2.45) is 11.7 Å². The average Bonchev–Trinajstić information content (AvgIpc) is 2.54. The van der Waals surface area contributed by atoms with Crippen LogP contribution in [0.5, 0.6) is 5.75 Å². The zero-order valence-electron chi connectivity index (χ0n) is 14.0. The first-order valence-corrected chi connectivity index (χ1v) is 8.32. The molecule has 1 fully saturated rings. The topological polar surface area (TPSA) is 72.6 Å². The van der Waals surface area contributed by atoms with E-state index in [2.05, 4.69) is 0 Å². The van der Waals surface area contributed by atoms with E-state index in [1.54, 1.807) is 0 Å². The largest absolute Gasteiger partial charge is 0.494 e. The second-order valence-corrected chi connectivity index (χ2v) is 6.11. The molecule has 1 aromatic rings. The lowest BCUT2D eigenvalue weighted by Crippen LogP contribution is -2.48. The van der Waals surface area contributed by atoms with Crippen LogP contribution in [0.2, 0.25) is 0 Å². The molecule has 0 aliphatic carbocycles. The number of hydrogen-bond acceptors (Lipinski definition) is 3. The van der Waals surface area contributed by atoms with Crippen LogP contribution in [0.25, 0.3) is 0 Å². The van der Waals surface area contributed by atoms with Gasteiger partial charge in [-0.2, -0.15) is 0 Å². The lowest BCUT2D eigenvalue weighted by atomic mass is 9.92. The van der Waals surface area contributed by atoms with Gasteiger partial charge in [-0.05, 0) is 44.7 Å². The fraction of sp³-hybridized carbons (Fsp3) is 0.556. The second kappa shape index (κ2) is 7.99. The molecule has 0 spiro atoms. The maximum Gasteiger partial charge on any atom is 0.223 e. The van der Waals surface area contributed by atoms with E-state index in [1.807, 2.05) is 43.0 Å². The van der Waals surface area contributed by atoms with Gasteiger partial charge < -0.3 is 15.4 Å². The van der Waals surface area contributed by atoms with Gasteiger partial charge in [-0.3, -0.25) is 9.59 Å². The summed E-state index contributed by atoms with van der Waals surface area (Å²) < 4.78 is 5.60. The van der Waals surface area contributed by atoms with Crippen molar-refractivity contribution in [2.45, 2.75) is 45.6 Å². The minimum absolute atomic E-state index is 0.0785. The second-order valence-electron chi connectivity index (χ2n) is 6.11. The van der Waals surface area contributed by atoms with Crippen molar-refractivity contribution in [2.75, 3.05) is 13.2 Å². The number of carbonyl (C=O) groups is 2. The molecule has 1 aliphatic heterocycles. The monoisotopic (exact) mass is 318 g/mol. The number of aryl methyl sites for hydroxylation is 1. The molecule has 2 N–H and O–H groups in total. The first-order valence-electron chi connectivity index (χ1n) is 8.32. The molecule has 0 aromatic heterocycles. The maximum absolute atomic E-state index is 12.6. The summed E-state index contributed by atoms with van der Waals surface area (Å²) in [5.41, 5.74) is 6.44. The predicted octanol–water partition coefficient (Wildman–Crippen LogP) is 2.13. The van der Waals surface area contributed by atoms with Crippen molar-refractivity contribution in [3.63, 3.8) is 0 Å². The molecule has 2 amide bonds. The van der Waals surface area contributed by atoms with Crippen molar-refractivity contribution >= 4 is 11.8 Å². The molecule has 1 aliphatic rings. The van der Waals surface area contributed by atoms with Gasteiger partial charge in [0.1, 0.15) is 5.75 Å². The SMILES string of the molecule is CCOc1ccccc1CCC(=O)N1C[C@H](C(N)=O)CC[C@@H]1C. The zero-order chi connectivity index (χ0) is 16.8. The summed E-state index contributed by atoms with van der Waals surface area (Å²) in [6, 6.07) is 7.97. The summed E-state index contributed by atoms with van der Waals surface area (Å²) >= 11 is 0. The maximum atomic E-state index is 12.6. The van der Waals surface area contributed by atoms with Crippen LogP contribution < -0.4 is 10.5 Å². The van der Waals surface area contributed by atoms with Crippen molar-refractivity contribution in [1.29, 1.82) is 0 Å². The summed E-state index contributed by atoms with van der Waals surface area (Å²) in [6.07, 6.45) is 2.65. The molecule has 23 heavy (non-hydrogen) atoms.